The summed E-state index contributed by atoms with van der Waals surface area (Å²) in [4.78, 5) is 27.9. The average molecular weight is 337 g/mol. The van der Waals surface area contributed by atoms with Crippen LogP contribution in [-0.4, -0.2) is 67.6 Å². The fourth-order valence-electron chi connectivity index (χ4n) is 2.61. The highest BCUT2D eigenvalue weighted by Crippen LogP contribution is 2.21. The summed E-state index contributed by atoms with van der Waals surface area (Å²) in [6, 6.07) is 4.27. The molecular weight excluding hydrogens is 313 g/mol. The third kappa shape index (κ3) is 4.03. The van der Waals surface area contributed by atoms with Crippen molar-refractivity contribution in [3.05, 3.63) is 29.6 Å². The highest BCUT2D eigenvalue weighted by atomic mass is 19.1. The van der Waals surface area contributed by atoms with Crippen molar-refractivity contribution in [1.29, 1.82) is 0 Å². The standard InChI is InChI=1S/C17H24FN3O3/c1-17(2,16(23)24-4)19-12-5-6-13(14(18)11-12)15(22)21-9-7-20(3)8-10-21/h5-6,11,19H,7-10H2,1-4H3. The van der Waals surface area contributed by atoms with Gasteiger partial charge in [0.25, 0.3) is 5.91 Å². The van der Waals surface area contributed by atoms with E-state index >= 15 is 0 Å². The Hall–Kier alpha value is -2.15. The third-order valence-electron chi connectivity index (χ3n) is 4.14. The summed E-state index contributed by atoms with van der Waals surface area (Å²) in [6.07, 6.45) is 0. The Morgan fingerprint density at radius 3 is 2.38 bits per heavy atom. The first-order valence-electron chi connectivity index (χ1n) is 7.88. The molecule has 1 saturated heterocycles. The first kappa shape index (κ1) is 18.2. The number of piperazine rings is 1. The molecule has 1 amide bonds. The summed E-state index contributed by atoms with van der Waals surface area (Å²) in [7, 11) is 3.29. The van der Waals surface area contributed by atoms with E-state index < -0.39 is 17.3 Å². The van der Waals surface area contributed by atoms with Gasteiger partial charge in [-0.1, -0.05) is 0 Å². The zero-order valence-corrected chi connectivity index (χ0v) is 14.6. The lowest BCUT2D eigenvalue weighted by atomic mass is 10.0. The second-order valence-electron chi connectivity index (χ2n) is 6.53. The van der Waals surface area contributed by atoms with Crippen molar-refractivity contribution in [2.75, 3.05) is 45.7 Å². The Morgan fingerprint density at radius 1 is 1.21 bits per heavy atom. The summed E-state index contributed by atoms with van der Waals surface area (Å²) in [5.41, 5.74) is -0.539. The van der Waals surface area contributed by atoms with E-state index in [1.807, 2.05) is 7.05 Å². The number of nitrogens with one attached hydrogen (secondary N) is 1. The number of likely N-dealkylation sites (N-methyl/N-ethyl adjacent to an activating group) is 1. The van der Waals surface area contributed by atoms with Crippen molar-refractivity contribution in [3.8, 4) is 0 Å². The van der Waals surface area contributed by atoms with Crippen molar-refractivity contribution in [1.82, 2.24) is 9.80 Å². The smallest absolute Gasteiger partial charge is 0.330 e. The van der Waals surface area contributed by atoms with Crippen molar-refractivity contribution < 1.29 is 18.7 Å². The molecular formula is C17H24FN3O3. The number of ether oxygens (including phenoxy) is 1. The van der Waals surface area contributed by atoms with Crippen LogP contribution in [0.2, 0.25) is 0 Å². The molecule has 1 N–H and O–H groups in total. The number of carbonyl (C=O) groups is 2. The van der Waals surface area contributed by atoms with Gasteiger partial charge in [-0.3, -0.25) is 4.79 Å². The average Bonchev–Trinajstić information content (AvgIpc) is 2.54. The van der Waals surface area contributed by atoms with Crippen molar-refractivity contribution in [2.45, 2.75) is 19.4 Å². The van der Waals surface area contributed by atoms with E-state index in [-0.39, 0.29) is 11.5 Å². The maximum absolute atomic E-state index is 14.4. The molecule has 0 aliphatic carbocycles. The number of nitrogens with zero attached hydrogens (tertiary/aromatic N) is 2. The predicted molar refractivity (Wildman–Crippen MR) is 89.5 cm³/mol. The lowest BCUT2D eigenvalue weighted by Crippen LogP contribution is -2.47. The van der Waals surface area contributed by atoms with E-state index in [0.717, 1.165) is 13.1 Å². The zero-order chi connectivity index (χ0) is 17.9. The molecule has 0 bridgehead atoms. The zero-order valence-electron chi connectivity index (χ0n) is 14.6. The van der Waals surface area contributed by atoms with Gasteiger partial charge in [0.05, 0.1) is 12.7 Å². The molecule has 1 aromatic carbocycles. The maximum Gasteiger partial charge on any atom is 0.330 e. The number of amides is 1. The number of methoxy groups -OCH3 is 1. The highest BCUT2D eigenvalue weighted by molar-refractivity contribution is 5.95. The molecule has 132 valence electrons. The van der Waals surface area contributed by atoms with Gasteiger partial charge in [-0.05, 0) is 39.1 Å². The van der Waals surface area contributed by atoms with Crippen molar-refractivity contribution in [2.24, 2.45) is 0 Å². The highest BCUT2D eigenvalue weighted by Gasteiger charge is 2.29. The number of rotatable bonds is 4. The topological polar surface area (TPSA) is 61.9 Å². The maximum atomic E-state index is 14.4. The van der Waals surface area contributed by atoms with Gasteiger partial charge in [0.1, 0.15) is 11.4 Å². The molecule has 0 aromatic heterocycles. The molecule has 1 aromatic rings. The Labute approximate surface area is 141 Å². The number of halogens is 1. The molecule has 1 fully saturated rings. The minimum Gasteiger partial charge on any atom is -0.467 e. The first-order chi connectivity index (χ1) is 11.2. The van der Waals surface area contributed by atoms with E-state index in [1.54, 1.807) is 24.8 Å². The van der Waals surface area contributed by atoms with E-state index in [0.29, 0.717) is 18.8 Å². The molecule has 24 heavy (non-hydrogen) atoms. The quantitative estimate of drug-likeness (QED) is 0.845. The van der Waals surface area contributed by atoms with Crippen LogP contribution in [-0.2, 0) is 9.53 Å². The Bertz CT molecular complexity index is 626. The van der Waals surface area contributed by atoms with Crippen LogP contribution in [0.3, 0.4) is 0 Å². The largest absolute Gasteiger partial charge is 0.467 e. The van der Waals surface area contributed by atoms with Crippen LogP contribution in [0, 0.1) is 5.82 Å². The lowest BCUT2D eigenvalue weighted by Gasteiger charge is -2.32. The predicted octanol–water partition coefficient (Wildman–Crippen LogP) is 1.58. The molecule has 0 radical (unpaired) electrons. The van der Waals surface area contributed by atoms with Gasteiger partial charge < -0.3 is 19.9 Å². The third-order valence-corrected chi connectivity index (χ3v) is 4.14. The Kier molecular flexibility index (Phi) is 5.43. The molecule has 0 saturated carbocycles. The summed E-state index contributed by atoms with van der Waals surface area (Å²) in [6.45, 7) is 6.01. The molecule has 6 nitrogen and oxygen atoms in total. The van der Waals surface area contributed by atoms with E-state index in [9.17, 15) is 14.0 Å². The fraction of sp³-hybridized carbons (Fsp3) is 0.529. The SMILES string of the molecule is COC(=O)C(C)(C)Nc1ccc(C(=O)N2CCN(C)CC2)c(F)c1. The van der Waals surface area contributed by atoms with Gasteiger partial charge in [-0.15, -0.1) is 0 Å². The molecule has 0 atom stereocenters. The van der Waals surface area contributed by atoms with Gasteiger partial charge in [-0.2, -0.15) is 0 Å². The Morgan fingerprint density at radius 2 is 1.83 bits per heavy atom. The first-order valence-corrected chi connectivity index (χ1v) is 7.88. The molecule has 1 heterocycles. The molecule has 1 aliphatic rings. The van der Waals surface area contributed by atoms with Gasteiger partial charge in [0, 0.05) is 31.9 Å². The van der Waals surface area contributed by atoms with Crippen LogP contribution in [0.15, 0.2) is 18.2 Å². The molecule has 2 rings (SSSR count). The molecule has 1 aliphatic heterocycles. The second-order valence-corrected chi connectivity index (χ2v) is 6.53. The van der Waals surface area contributed by atoms with Crippen LogP contribution in [0.25, 0.3) is 0 Å². The van der Waals surface area contributed by atoms with Gasteiger partial charge in [0.15, 0.2) is 0 Å². The number of benzene rings is 1. The molecule has 7 heteroatoms. The molecule has 0 spiro atoms. The van der Waals surface area contributed by atoms with Gasteiger partial charge >= 0.3 is 5.97 Å². The number of carbonyl (C=O) groups excluding carboxylic acids is 2. The van der Waals surface area contributed by atoms with Crippen LogP contribution in [0.1, 0.15) is 24.2 Å². The lowest BCUT2D eigenvalue weighted by molar-refractivity contribution is -0.144. The number of hydrogen-bond donors (Lipinski definition) is 1. The minimum absolute atomic E-state index is 0.0426. The monoisotopic (exact) mass is 337 g/mol. The van der Waals surface area contributed by atoms with Gasteiger partial charge in [0.2, 0.25) is 0 Å². The minimum atomic E-state index is -0.996. The van der Waals surface area contributed by atoms with E-state index in [4.69, 9.17) is 4.74 Å². The number of esters is 1. The normalized spacial score (nSPS) is 16.0. The Balaban J connectivity index is 2.12. The second kappa shape index (κ2) is 7.17. The molecule has 0 unspecified atom stereocenters. The van der Waals surface area contributed by atoms with Crippen LogP contribution < -0.4 is 5.32 Å². The number of hydrogen-bond acceptors (Lipinski definition) is 5. The van der Waals surface area contributed by atoms with E-state index in [2.05, 4.69) is 10.2 Å². The van der Waals surface area contributed by atoms with Crippen LogP contribution >= 0.6 is 0 Å². The summed E-state index contributed by atoms with van der Waals surface area (Å²) in [5, 5.41) is 2.92. The van der Waals surface area contributed by atoms with Gasteiger partial charge in [-0.25, -0.2) is 9.18 Å². The summed E-state index contributed by atoms with van der Waals surface area (Å²) >= 11 is 0. The summed E-state index contributed by atoms with van der Waals surface area (Å²) in [5.74, 6) is -1.37. The number of anilines is 1. The van der Waals surface area contributed by atoms with E-state index in [1.165, 1.54) is 19.2 Å². The van der Waals surface area contributed by atoms with Crippen LogP contribution in [0.5, 0.6) is 0 Å². The van der Waals surface area contributed by atoms with Crippen molar-refractivity contribution >= 4 is 17.6 Å². The van der Waals surface area contributed by atoms with Crippen molar-refractivity contribution in [3.63, 3.8) is 0 Å². The van der Waals surface area contributed by atoms with Crippen LogP contribution in [0.4, 0.5) is 10.1 Å². The fourth-order valence-corrected chi connectivity index (χ4v) is 2.61. The summed E-state index contributed by atoms with van der Waals surface area (Å²) < 4.78 is 19.1.